The van der Waals surface area contributed by atoms with Gasteiger partial charge in [-0.2, -0.15) is 0 Å². The Balaban J connectivity index is 0.00000180. The van der Waals surface area contributed by atoms with E-state index >= 15 is 0 Å². The second-order valence-corrected chi connectivity index (χ2v) is 4.83. The first kappa shape index (κ1) is 16.0. The summed E-state index contributed by atoms with van der Waals surface area (Å²) in [6.45, 7) is 0.475. The second-order valence-electron chi connectivity index (χ2n) is 4.83. The van der Waals surface area contributed by atoms with E-state index in [0.29, 0.717) is 12.1 Å². The smallest absolute Gasteiger partial charge is 0.251 e. The van der Waals surface area contributed by atoms with E-state index in [-0.39, 0.29) is 24.4 Å². The molecule has 1 amide bonds. The minimum atomic E-state index is -0.411. The summed E-state index contributed by atoms with van der Waals surface area (Å²) in [5.41, 5.74) is 7.13. The van der Waals surface area contributed by atoms with Crippen LogP contribution in [0.1, 0.15) is 41.6 Å². The van der Waals surface area contributed by atoms with Crippen molar-refractivity contribution in [1.82, 2.24) is 5.32 Å². The first-order valence-corrected chi connectivity index (χ1v) is 6.48. The molecule has 0 aliphatic heterocycles. The topological polar surface area (TPSA) is 75.4 Å². The summed E-state index contributed by atoms with van der Waals surface area (Å²) in [5, 5.41) is 12.7. The number of hydrogen-bond acceptors (Lipinski definition) is 3. The first-order chi connectivity index (χ1) is 8.70. The molecule has 0 unspecified atom stereocenters. The van der Waals surface area contributed by atoms with Crippen molar-refractivity contribution in [3.63, 3.8) is 0 Å². The Kier molecular flexibility index (Phi) is 6.28. The summed E-state index contributed by atoms with van der Waals surface area (Å²) < 4.78 is 0. The number of halogens is 1. The lowest BCUT2D eigenvalue weighted by Crippen LogP contribution is -2.45. The lowest BCUT2D eigenvalue weighted by Gasteiger charge is -2.28. The third-order valence-corrected chi connectivity index (χ3v) is 3.50. The molecule has 0 spiro atoms. The largest absolute Gasteiger partial charge is 0.391 e. The molecule has 5 heteroatoms. The predicted octanol–water partition coefficient (Wildman–Crippen LogP) is 1.60. The number of carbonyl (C=O) groups excluding carboxylic acids is 1. The number of aliphatic hydroxyl groups excluding tert-OH is 1. The number of nitrogens with one attached hydrogen (secondary N) is 1. The van der Waals surface area contributed by atoms with Crippen molar-refractivity contribution in [2.24, 2.45) is 5.73 Å². The van der Waals surface area contributed by atoms with E-state index in [0.717, 1.165) is 31.2 Å². The molecular formula is C14H21ClN2O2. The summed E-state index contributed by atoms with van der Waals surface area (Å²) >= 11 is 0. The van der Waals surface area contributed by atoms with E-state index in [1.165, 1.54) is 0 Å². The normalized spacial score (nSPS) is 22.4. The van der Waals surface area contributed by atoms with Gasteiger partial charge in [-0.3, -0.25) is 4.79 Å². The van der Waals surface area contributed by atoms with Crippen LogP contribution in [0.15, 0.2) is 24.3 Å². The highest BCUT2D eigenvalue weighted by molar-refractivity contribution is 5.94. The minimum absolute atomic E-state index is 0. The monoisotopic (exact) mass is 284 g/mol. The minimum Gasteiger partial charge on any atom is -0.391 e. The number of amides is 1. The van der Waals surface area contributed by atoms with Crippen LogP contribution in [0.2, 0.25) is 0 Å². The maximum Gasteiger partial charge on any atom is 0.251 e. The summed E-state index contributed by atoms with van der Waals surface area (Å²) in [4.78, 5) is 12.0. The Labute approximate surface area is 119 Å². The van der Waals surface area contributed by atoms with Crippen LogP contribution in [-0.4, -0.2) is 23.2 Å². The van der Waals surface area contributed by atoms with Gasteiger partial charge in [-0.1, -0.05) is 25.0 Å². The zero-order chi connectivity index (χ0) is 13.0. The average molecular weight is 285 g/mol. The van der Waals surface area contributed by atoms with E-state index in [2.05, 4.69) is 5.32 Å². The molecule has 2 rings (SSSR count). The van der Waals surface area contributed by atoms with E-state index < -0.39 is 6.10 Å². The molecule has 1 saturated carbocycles. The highest BCUT2D eigenvalue weighted by atomic mass is 35.5. The van der Waals surface area contributed by atoms with Crippen molar-refractivity contribution in [2.45, 2.75) is 44.4 Å². The molecule has 2 atom stereocenters. The lowest BCUT2D eigenvalue weighted by atomic mass is 9.92. The summed E-state index contributed by atoms with van der Waals surface area (Å²) in [5.74, 6) is -0.121. The molecule has 1 fully saturated rings. The van der Waals surface area contributed by atoms with Crippen molar-refractivity contribution in [3.8, 4) is 0 Å². The third kappa shape index (κ3) is 4.20. The SMILES string of the molecule is Cl.NCc1ccc(C(=O)N[C@@H]2CCCC[C@H]2O)cc1. The van der Waals surface area contributed by atoms with Gasteiger partial charge < -0.3 is 16.2 Å². The molecule has 1 aromatic carbocycles. The van der Waals surface area contributed by atoms with Crippen LogP contribution in [0.25, 0.3) is 0 Å². The first-order valence-electron chi connectivity index (χ1n) is 6.48. The van der Waals surface area contributed by atoms with Gasteiger partial charge in [0.25, 0.3) is 5.91 Å². The van der Waals surface area contributed by atoms with Gasteiger partial charge in [-0.25, -0.2) is 0 Å². The van der Waals surface area contributed by atoms with E-state index in [9.17, 15) is 9.90 Å². The Morgan fingerprint density at radius 1 is 1.26 bits per heavy atom. The molecule has 4 nitrogen and oxygen atoms in total. The number of carbonyl (C=O) groups is 1. The van der Waals surface area contributed by atoms with Crippen molar-refractivity contribution >= 4 is 18.3 Å². The van der Waals surface area contributed by atoms with E-state index in [4.69, 9.17) is 5.73 Å². The molecule has 0 aromatic heterocycles. The quantitative estimate of drug-likeness (QED) is 0.789. The molecular weight excluding hydrogens is 264 g/mol. The molecule has 0 bridgehead atoms. The van der Waals surface area contributed by atoms with Gasteiger partial charge in [0.05, 0.1) is 12.1 Å². The molecule has 19 heavy (non-hydrogen) atoms. The van der Waals surface area contributed by atoms with Crippen LogP contribution in [0.4, 0.5) is 0 Å². The molecule has 1 aromatic rings. The lowest BCUT2D eigenvalue weighted by molar-refractivity contribution is 0.0717. The summed E-state index contributed by atoms with van der Waals surface area (Å²) in [6.07, 6.45) is 3.32. The second kappa shape index (κ2) is 7.48. The number of hydrogen-bond donors (Lipinski definition) is 3. The highest BCUT2D eigenvalue weighted by Crippen LogP contribution is 2.18. The molecule has 4 N–H and O–H groups in total. The van der Waals surface area contributed by atoms with Crippen LogP contribution in [0, 0.1) is 0 Å². The Morgan fingerprint density at radius 3 is 2.47 bits per heavy atom. The van der Waals surface area contributed by atoms with Crippen LogP contribution in [-0.2, 0) is 6.54 Å². The standard InChI is InChI=1S/C14H20N2O2.ClH/c15-9-10-5-7-11(8-6-10)14(18)16-12-3-1-2-4-13(12)17;/h5-8,12-13,17H,1-4,9,15H2,(H,16,18);1H/t12-,13-;/m1./s1. The van der Waals surface area contributed by atoms with Gasteiger partial charge in [-0.05, 0) is 30.5 Å². The fourth-order valence-electron chi connectivity index (χ4n) is 2.32. The van der Waals surface area contributed by atoms with Crippen LogP contribution >= 0.6 is 12.4 Å². The fourth-order valence-corrected chi connectivity index (χ4v) is 2.32. The van der Waals surface area contributed by atoms with Gasteiger partial charge >= 0.3 is 0 Å². The number of rotatable bonds is 3. The predicted molar refractivity (Wildman–Crippen MR) is 77.3 cm³/mol. The van der Waals surface area contributed by atoms with Crippen LogP contribution < -0.4 is 11.1 Å². The Hall–Kier alpha value is -1.10. The Bertz CT molecular complexity index is 408. The van der Waals surface area contributed by atoms with Crippen LogP contribution in [0.3, 0.4) is 0 Å². The van der Waals surface area contributed by atoms with Crippen molar-refractivity contribution in [3.05, 3.63) is 35.4 Å². The molecule has 1 aliphatic carbocycles. The maximum atomic E-state index is 12.0. The van der Waals surface area contributed by atoms with Gasteiger partial charge in [0.1, 0.15) is 0 Å². The van der Waals surface area contributed by atoms with Gasteiger partial charge in [0.15, 0.2) is 0 Å². The number of nitrogens with two attached hydrogens (primary N) is 1. The molecule has 0 saturated heterocycles. The van der Waals surface area contributed by atoms with Gasteiger partial charge in [0.2, 0.25) is 0 Å². The Morgan fingerprint density at radius 2 is 1.89 bits per heavy atom. The summed E-state index contributed by atoms with van der Waals surface area (Å²) in [6, 6.07) is 7.14. The number of aliphatic hydroxyl groups is 1. The molecule has 0 radical (unpaired) electrons. The zero-order valence-electron chi connectivity index (χ0n) is 10.8. The average Bonchev–Trinajstić information content (AvgIpc) is 2.41. The van der Waals surface area contributed by atoms with Crippen molar-refractivity contribution in [1.29, 1.82) is 0 Å². The third-order valence-electron chi connectivity index (χ3n) is 3.50. The zero-order valence-corrected chi connectivity index (χ0v) is 11.7. The fraction of sp³-hybridized carbons (Fsp3) is 0.500. The molecule has 0 heterocycles. The van der Waals surface area contributed by atoms with Gasteiger partial charge in [0, 0.05) is 12.1 Å². The van der Waals surface area contributed by atoms with Crippen LogP contribution in [0.5, 0.6) is 0 Å². The molecule has 106 valence electrons. The van der Waals surface area contributed by atoms with Gasteiger partial charge in [-0.15, -0.1) is 12.4 Å². The van der Waals surface area contributed by atoms with E-state index in [1.807, 2.05) is 12.1 Å². The maximum absolute atomic E-state index is 12.0. The van der Waals surface area contributed by atoms with Crippen molar-refractivity contribution < 1.29 is 9.90 Å². The van der Waals surface area contributed by atoms with Crippen molar-refractivity contribution in [2.75, 3.05) is 0 Å². The van der Waals surface area contributed by atoms with E-state index in [1.54, 1.807) is 12.1 Å². The summed E-state index contributed by atoms with van der Waals surface area (Å²) in [7, 11) is 0. The molecule has 1 aliphatic rings. The highest BCUT2D eigenvalue weighted by Gasteiger charge is 2.24. The number of benzene rings is 1.